The predicted octanol–water partition coefficient (Wildman–Crippen LogP) is 2.98. The number of aromatic amines is 1. The van der Waals surface area contributed by atoms with Crippen LogP contribution in [0.2, 0.25) is 0 Å². The number of aromatic nitrogens is 1. The minimum Gasteiger partial charge on any atom is -0.361 e. The molecule has 2 rings (SSSR count). The number of nitrogens with one attached hydrogen (secondary N) is 1. The van der Waals surface area contributed by atoms with Crippen LogP contribution in [0.25, 0.3) is 10.9 Å². The topological polar surface area (TPSA) is 41.8 Å². The molecule has 0 bridgehead atoms. The number of hydrogen-bond donors (Lipinski definition) is 2. The van der Waals surface area contributed by atoms with E-state index in [2.05, 4.69) is 4.98 Å². The first-order valence-electron chi connectivity index (χ1n) is 5.77. The second-order valence-electron chi connectivity index (χ2n) is 4.10. The van der Waals surface area contributed by atoms with Crippen LogP contribution in [0.3, 0.4) is 0 Å². The second-order valence-corrected chi connectivity index (χ2v) is 4.10. The zero-order valence-electron chi connectivity index (χ0n) is 9.30. The Morgan fingerprint density at radius 1 is 1.19 bits per heavy atom. The molecule has 0 saturated heterocycles. The molecule has 0 spiro atoms. The number of H-pyrrole nitrogens is 1. The van der Waals surface area contributed by atoms with Crippen LogP contribution in [-0.4, -0.2) is 11.5 Å². The molecule has 16 heavy (non-hydrogen) atoms. The first-order chi connectivity index (χ1) is 7.81. The number of rotatable bonds is 5. The summed E-state index contributed by atoms with van der Waals surface area (Å²) in [6, 6.07) is 4.90. The van der Waals surface area contributed by atoms with Crippen molar-refractivity contribution in [3.63, 3.8) is 0 Å². The minimum absolute atomic E-state index is 0.191. The van der Waals surface area contributed by atoms with Gasteiger partial charge in [0.2, 0.25) is 0 Å². The third-order valence-corrected chi connectivity index (χ3v) is 2.88. The Bertz CT molecular complexity index is 462. The van der Waals surface area contributed by atoms with Crippen LogP contribution < -0.4 is 5.73 Å². The summed E-state index contributed by atoms with van der Waals surface area (Å²) in [6.45, 7) is 0.763. The first-order valence-corrected chi connectivity index (χ1v) is 5.77. The van der Waals surface area contributed by atoms with Gasteiger partial charge in [-0.1, -0.05) is 6.42 Å². The Hall–Kier alpha value is -1.35. The van der Waals surface area contributed by atoms with Crippen molar-refractivity contribution in [2.75, 3.05) is 6.54 Å². The smallest absolute Gasteiger partial charge is 0.125 e. The molecule has 2 aromatic rings. The van der Waals surface area contributed by atoms with Gasteiger partial charge in [0, 0.05) is 17.1 Å². The molecule has 1 heterocycles. The summed E-state index contributed by atoms with van der Waals surface area (Å²) in [5, 5.41) is 1.13. The van der Waals surface area contributed by atoms with Gasteiger partial charge in [0.25, 0.3) is 0 Å². The summed E-state index contributed by atoms with van der Waals surface area (Å²) >= 11 is 0. The molecular formula is C13H17FN2. The van der Waals surface area contributed by atoms with Crippen LogP contribution in [0, 0.1) is 5.82 Å². The summed E-state index contributed by atoms with van der Waals surface area (Å²) in [7, 11) is 0. The van der Waals surface area contributed by atoms with Gasteiger partial charge in [-0.05, 0) is 49.6 Å². The molecule has 0 fully saturated rings. The highest BCUT2D eigenvalue weighted by atomic mass is 19.1. The van der Waals surface area contributed by atoms with Crippen molar-refractivity contribution in [2.45, 2.75) is 25.7 Å². The van der Waals surface area contributed by atoms with Crippen molar-refractivity contribution in [1.29, 1.82) is 0 Å². The molecule has 0 aliphatic heterocycles. The summed E-state index contributed by atoms with van der Waals surface area (Å²) in [5.74, 6) is -0.191. The maximum absolute atomic E-state index is 13.0. The SMILES string of the molecule is NCCCCCc1c[nH]c2cc(F)ccc12. The fourth-order valence-corrected chi connectivity index (χ4v) is 2.00. The van der Waals surface area contributed by atoms with Crippen LogP contribution in [0.4, 0.5) is 4.39 Å². The van der Waals surface area contributed by atoms with Gasteiger partial charge in [-0.3, -0.25) is 0 Å². The second kappa shape index (κ2) is 5.12. The lowest BCUT2D eigenvalue weighted by atomic mass is 10.1. The number of fused-ring (bicyclic) bond motifs is 1. The van der Waals surface area contributed by atoms with E-state index in [-0.39, 0.29) is 5.82 Å². The van der Waals surface area contributed by atoms with Gasteiger partial charge >= 0.3 is 0 Å². The van der Waals surface area contributed by atoms with Crippen molar-refractivity contribution in [2.24, 2.45) is 5.73 Å². The maximum Gasteiger partial charge on any atom is 0.125 e. The molecule has 0 aliphatic rings. The number of halogens is 1. The molecule has 0 radical (unpaired) electrons. The molecule has 2 nitrogen and oxygen atoms in total. The van der Waals surface area contributed by atoms with E-state index >= 15 is 0 Å². The fraction of sp³-hybridized carbons (Fsp3) is 0.385. The van der Waals surface area contributed by atoms with Gasteiger partial charge in [-0.2, -0.15) is 0 Å². The highest BCUT2D eigenvalue weighted by Gasteiger charge is 2.03. The quantitative estimate of drug-likeness (QED) is 0.747. The molecule has 0 aliphatic carbocycles. The summed E-state index contributed by atoms with van der Waals surface area (Å²) in [5.41, 5.74) is 7.60. The predicted molar refractivity (Wildman–Crippen MR) is 64.9 cm³/mol. The summed E-state index contributed by atoms with van der Waals surface area (Å²) in [4.78, 5) is 3.11. The van der Waals surface area contributed by atoms with Gasteiger partial charge < -0.3 is 10.7 Å². The zero-order valence-corrected chi connectivity index (χ0v) is 9.30. The molecule has 3 N–H and O–H groups in total. The number of nitrogens with two attached hydrogens (primary N) is 1. The number of hydrogen-bond acceptors (Lipinski definition) is 1. The average molecular weight is 220 g/mol. The van der Waals surface area contributed by atoms with Gasteiger partial charge in [0.15, 0.2) is 0 Å². The molecule has 0 unspecified atom stereocenters. The largest absolute Gasteiger partial charge is 0.361 e. The monoisotopic (exact) mass is 220 g/mol. The molecule has 1 aromatic heterocycles. The lowest BCUT2D eigenvalue weighted by Crippen LogP contribution is -1.98. The lowest BCUT2D eigenvalue weighted by molar-refractivity contribution is 0.629. The van der Waals surface area contributed by atoms with E-state index < -0.39 is 0 Å². The van der Waals surface area contributed by atoms with Crippen LogP contribution in [0.15, 0.2) is 24.4 Å². The van der Waals surface area contributed by atoms with Crippen molar-refractivity contribution in [3.05, 3.63) is 35.8 Å². The number of unbranched alkanes of at least 4 members (excludes halogenated alkanes) is 2. The van der Waals surface area contributed by atoms with Crippen molar-refractivity contribution < 1.29 is 4.39 Å². The molecule has 0 amide bonds. The average Bonchev–Trinajstić information content (AvgIpc) is 2.67. The van der Waals surface area contributed by atoms with E-state index in [0.717, 1.165) is 43.1 Å². The Labute approximate surface area is 94.7 Å². The third kappa shape index (κ3) is 2.42. The Kier molecular flexibility index (Phi) is 3.57. The highest BCUT2D eigenvalue weighted by molar-refractivity contribution is 5.83. The van der Waals surface area contributed by atoms with Gasteiger partial charge in [0.1, 0.15) is 5.82 Å². The molecule has 86 valence electrons. The van der Waals surface area contributed by atoms with E-state index in [9.17, 15) is 4.39 Å². The summed E-state index contributed by atoms with van der Waals surface area (Å²) in [6.07, 6.45) is 6.39. The molecular weight excluding hydrogens is 203 g/mol. The Morgan fingerprint density at radius 2 is 2.06 bits per heavy atom. The molecule has 0 saturated carbocycles. The van der Waals surface area contributed by atoms with Crippen LogP contribution in [0.5, 0.6) is 0 Å². The first kappa shape index (κ1) is 11.1. The van der Waals surface area contributed by atoms with E-state index in [4.69, 9.17) is 5.73 Å². The van der Waals surface area contributed by atoms with Crippen molar-refractivity contribution in [3.8, 4) is 0 Å². The maximum atomic E-state index is 13.0. The van der Waals surface area contributed by atoms with Crippen molar-refractivity contribution in [1.82, 2.24) is 4.98 Å². The summed E-state index contributed by atoms with van der Waals surface area (Å²) < 4.78 is 13.0. The third-order valence-electron chi connectivity index (χ3n) is 2.88. The van der Waals surface area contributed by atoms with Gasteiger partial charge in [-0.15, -0.1) is 0 Å². The van der Waals surface area contributed by atoms with Gasteiger partial charge in [0.05, 0.1) is 0 Å². The lowest BCUT2D eigenvalue weighted by Gasteiger charge is -1.99. The van der Waals surface area contributed by atoms with E-state index in [1.807, 2.05) is 12.3 Å². The molecule has 1 aromatic carbocycles. The number of benzene rings is 1. The van der Waals surface area contributed by atoms with Crippen LogP contribution in [0.1, 0.15) is 24.8 Å². The standard InChI is InChI=1S/C13H17FN2/c14-11-5-6-12-10(4-2-1-3-7-15)9-16-13(12)8-11/h5-6,8-9,16H,1-4,7,15H2. The Balaban J connectivity index is 2.07. The minimum atomic E-state index is -0.191. The van der Waals surface area contributed by atoms with Crippen molar-refractivity contribution >= 4 is 10.9 Å². The van der Waals surface area contributed by atoms with Crippen LogP contribution >= 0.6 is 0 Å². The van der Waals surface area contributed by atoms with Crippen LogP contribution in [-0.2, 0) is 6.42 Å². The highest BCUT2D eigenvalue weighted by Crippen LogP contribution is 2.20. The normalized spacial score (nSPS) is 11.1. The van der Waals surface area contributed by atoms with E-state index in [0.29, 0.717) is 0 Å². The Morgan fingerprint density at radius 3 is 2.88 bits per heavy atom. The van der Waals surface area contributed by atoms with E-state index in [1.165, 1.54) is 11.6 Å². The van der Waals surface area contributed by atoms with Gasteiger partial charge in [-0.25, -0.2) is 4.39 Å². The fourth-order valence-electron chi connectivity index (χ4n) is 2.00. The van der Waals surface area contributed by atoms with E-state index in [1.54, 1.807) is 6.07 Å². The molecule has 3 heteroatoms. The zero-order chi connectivity index (χ0) is 11.4. The number of aryl methyl sites for hydroxylation is 1. The molecule has 0 atom stereocenters.